The van der Waals surface area contributed by atoms with Crippen molar-refractivity contribution >= 4 is 17.6 Å². The lowest BCUT2D eigenvalue weighted by Crippen LogP contribution is -2.45. The van der Waals surface area contributed by atoms with Crippen LogP contribution >= 0.6 is 0 Å². The van der Waals surface area contributed by atoms with Crippen molar-refractivity contribution in [2.24, 2.45) is 10.7 Å². The maximum Gasteiger partial charge on any atom is 0.416 e. The topological polar surface area (TPSA) is 103 Å². The van der Waals surface area contributed by atoms with Crippen molar-refractivity contribution in [2.75, 3.05) is 11.9 Å². The second kappa shape index (κ2) is 8.74. The first-order valence-corrected chi connectivity index (χ1v) is 8.67. The molecule has 29 heavy (non-hydrogen) atoms. The van der Waals surface area contributed by atoms with Crippen LogP contribution in [0.2, 0.25) is 0 Å². The fourth-order valence-electron chi connectivity index (χ4n) is 2.67. The largest absolute Gasteiger partial charge is 0.846 e. The highest BCUT2D eigenvalue weighted by Crippen LogP contribution is 2.30. The predicted octanol–water partition coefficient (Wildman–Crippen LogP) is 2.18. The molecular formula is C19H18F3N5O2. The number of halogens is 3. The van der Waals surface area contributed by atoms with Crippen LogP contribution < -0.4 is 20.8 Å². The van der Waals surface area contributed by atoms with E-state index in [1.807, 2.05) is 30.3 Å². The Morgan fingerprint density at radius 3 is 2.66 bits per heavy atom. The molecule has 0 amide bonds. The minimum Gasteiger partial charge on any atom is -0.846 e. The minimum absolute atomic E-state index is 0.0371. The maximum atomic E-state index is 12.7. The summed E-state index contributed by atoms with van der Waals surface area (Å²) in [4.78, 5) is 3.67. The molecule has 0 aliphatic rings. The van der Waals surface area contributed by atoms with Gasteiger partial charge in [0, 0.05) is 12.1 Å². The lowest BCUT2D eigenvalue weighted by Gasteiger charge is -2.14. The lowest BCUT2D eigenvalue weighted by atomic mass is 10.1. The number of hydrogen-bond acceptors (Lipinski definition) is 5. The van der Waals surface area contributed by atoms with E-state index in [1.54, 1.807) is 0 Å². The van der Waals surface area contributed by atoms with Gasteiger partial charge in [-0.25, -0.2) is 4.99 Å². The van der Waals surface area contributed by atoms with Crippen LogP contribution in [0, 0.1) is 0 Å². The van der Waals surface area contributed by atoms with E-state index >= 15 is 0 Å². The monoisotopic (exact) mass is 405 g/mol. The fourth-order valence-corrected chi connectivity index (χ4v) is 2.67. The first-order chi connectivity index (χ1) is 13.8. The Morgan fingerprint density at radius 1 is 1.21 bits per heavy atom. The highest BCUT2D eigenvalue weighted by atomic mass is 19.4. The zero-order valence-electron chi connectivity index (χ0n) is 15.1. The van der Waals surface area contributed by atoms with E-state index in [4.69, 9.17) is 10.3 Å². The van der Waals surface area contributed by atoms with E-state index in [-0.39, 0.29) is 24.2 Å². The lowest BCUT2D eigenvalue weighted by molar-refractivity contribution is -0.782. The van der Waals surface area contributed by atoms with Crippen LogP contribution in [-0.4, -0.2) is 17.8 Å². The molecule has 0 saturated carbocycles. The zero-order valence-corrected chi connectivity index (χ0v) is 15.1. The summed E-state index contributed by atoms with van der Waals surface area (Å²) in [5.74, 6) is -0.0963. The number of alkyl halides is 3. The number of amidine groups is 1. The van der Waals surface area contributed by atoms with Gasteiger partial charge in [0.05, 0.1) is 18.1 Å². The number of aliphatic imine (C=N–C) groups is 1. The summed E-state index contributed by atoms with van der Waals surface area (Å²) in [5.41, 5.74) is 5.95. The molecule has 0 spiro atoms. The number of benzene rings is 2. The molecule has 0 aliphatic heterocycles. The van der Waals surface area contributed by atoms with Crippen LogP contribution in [0.15, 0.2) is 70.3 Å². The molecule has 0 radical (unpaired) electrons. The summed E-state index contributed by atoms with van der Waals surface area (Å²) in [5, 5.41) is 18.1. The van der Waals surface area contributed by atoms with Crippen LogP contribution in [0.1, 0.15) is 17.2 Å². The normalized spacial score (nSPS) is 13.3. The SMILES string of the molecule is NC[C@H](Cc1ccccc1)[n+]1cc(/N=C(\[O-])Nc2cccc(C(F)(F)F)c2)on1. The van der Waals surface area contributed by atoms with Gasteiger partial charge in [0.15, 0.2) is 0 Å². The smallest absolute Gasteiger partial charge is 0.416 e. The van der Waals surface area contributed by atoms with E-state index in [9.17, 15) is 18.3 Å². The number of nitrogens with one attached hydrogen (secondary N) is 1. The number of rotatable bonds is 6. The van der Waals surface area contributed by atoms with Gasteiger partial charge in [-0.15, -0.1) is 0 Å². The van der Waals surface area contributed by atoms with Crippen LogP contribution in [0.4, 0.5) is 24.7 Å². The molecule has 3 N–H and O–H groups in total. The van der Waals surface area contributed by atoms with Crippen molar-refractivity contribution < 1.29 is 27.5 Å². The summed E-state index contributed by atoms with van der Waals surface area (Å²) in [7, 11) is 0. The number of nitrogens with two attached hydrogens (primary N) is 1. The van der Waals surface area contributed by atoms with Crippen LogP contribution in [-0.2, 0) is 12.6 Å². The van der Waals surface area contributed by atoms with Crippen LogP contribution in [0.5, 0.6) is 0 Å². The Hall–Kier alpha value is -3.40. The van der Waals surface area contributed by atoms with Crippen molar-refractivity contribution in [3.05, 3.63) is 71.9 Å². The van der Waals surface area contributed by atoms with Gasteiger partial charge in [-0.1, -0.05) is 36.4 Å². The Labute approximate surface area is 164 Å². The third kappa shape index (κ3) is 5.55. The van der Waals surface area contributed by atoms with Gasteiger partial charge in [0.25, 0.3) is 6.20 Å². The van der Waals surface area contributed by atoms with Gasteiger partial charge in [-0.05, 0) is 28.4 Å². The second-order valence-electron chi connectivity index (χ2n) is 6.22. The predicted molar refractivity (Wildman–Crippen MR) is 97.1 cm³/mol. The molecule has 0 bridgehead atoms. The third-order valence-corrected chi connectivity index (χ3v) is 4.08. The van der Waals surface area contributed by atoms with E-state index in [0.717, 1.165) is 17.7 Å². The van der Waals surface area contributed by atoms with Crippen molar-refractivity contribution in [1.29, 1.82) is 0 Å². The van der Waals surface area contributed by atoms with E-state index in [1.165, 1.54) is 23.0 Å². The minimum atomic E-state index is -4.51. The Bertz CT molecular complexity index is 973. The first kappa shape index (κ1) is 20.3. The Morgan fingerprint density at radius 2 is 1.97 bits per heavy atom. The van der Waals surface area contributed by atoms with Gasteiger partial charge in [-0.3, -0.25) is 4.52 Å². The quantitative estimate of drug-likeness (QED) is 0.372. The molecule has 2 aromatic carbocycles. The average Bonchev–Trinajstić information content (AvgIpc) is 3.14. The molecule has 3 rings (SSSR count). The Kier molecular flexibility index (Phi) is 6.13. The molecule has 1 aromatic heterocycles. The third-order valence-electron chi connectivity index (χ3n) is 4.08. The van der Waals surface area contributed by atoms with Gasteiger partial charge < -0.3 is 16.2 Å². The summed E-state index contributed by atoms with van der Waals surface area (Å²) >= 11 is 0. The van der Waals surface area contributed by atoms with Crippen LogP contribution in [0.3, 0.4) is 0 Å². The Balaban J connectivity index is 1.70. The number of aromatic nitrogens is 2. The highest BCUT2D eigenvalue weighted by Gasteiger charge is 2.30. The number of hydrogen-bond donors (Lipinski definition) is 2. The van der Waals surface area contributed by atoms with Gasteiger partial charge in [-0.2, -0.15) is 13.2 Å². The molecule has 10 heteroatoms. The second-order valence-corrected chi connectivity index (χ2v) is 6.22. The molecular weight excluding hydrogens is 387 g/mol. The molecule has 0 unspecified atom stereocenters. The van der Waals surface area contributed by atoms with Gasteiger partial charge >= 0.3 is 12.1 Å². The zero-order chi connectivity index (χ0) is 20.9. The highest BCUT2D eigenvalue weighted by molar-refractivity contribution is 5.87. The molecule has 0 aliphatic carbocycles. The summed E-state index contributed by atoms with van der Waals surface area (Å²) in [6.07, 6.45) is -2.50. The molecule has 0 saturated heterocycles. The number of nitrogens with zero attached hydrogens (tertiary/aromatic N) is 3. The van der Waals surface area contributed by atoms with E-state index < -0.39 is 17.8 Å². The fraction of sp³-hybridized carbons (Fsp3) is 0.211. The summed E-state index contributed by atoms with van der Waals surface area (Å²) in [6, 6.07) is 12.8. The van der Waals surface area contributed by atoms with Crippen molar-refractivity contribution in [3.8, 4) is 0 Å². The average molecular weight is 405 g/mol. The van der Waals surface area contributed by atoms with Crippen LogP contribution in [0.25, 0.3) is 0 Å². The van der Waals surface area contributed by atoms with Crippen molar-refractivity contribution in [2.45, 2.75) is 18.6 Å². The molecule has 7 nitrogen and oxygen atoms in total. The van der Waals surface area contributed by atoms with E-state index in [0.29, 0.717) is 6.42 Å². The molecule has 3 aromatic rings. The summed E-state index contributed by atoms with van der Waals surface area (Å²) < 4.78 is 44.7. The van der Waals surface area contributed by atoms with Crippen molar-refractivity contribution in [3.63, 3.8) is 0 Å². The van der Waals surface area contributed by atoms with Gasteiger partial charge in [0.2, 0.25) is 11.3 Å². The van der Waals surface area contributed by atoms with Gasteiger partial charge in [0.1, 0.15) is 0 Å². The molecule has 1 atom stereocenters. The molecule has 152 valence electrons. The molecule has 1 heterocycles. The standard InChI is InChI=1S/C19H18F3N5O2/c20-19(21,22)14-7-4-8-15(10-14)24-18(28)25-17-12-27(26-29-17)16(11-23)9-13-5-2-1-3-6-13/h1-8,10,12,16H,9,11,23H2,(H-,24,25,26,28)/t16-/m0/s1. The van der Waals surface area contributed by atoms with Crippen molar-refractivity contribution in [1.82, 2.24) is 5.27 Å². The van der Waals surface area contributed by atoms with E-state index in [2.05, 4.69) is 15.6 Å². The maximum absolute atomic E-state index is 12.7. The first-order valence-electron chi connectivity index (χ1n) is 8.67. The summed E-state index contributed by atoms with van der Waals surface area (Å²) in [6.45, 7) is 0.280. The molecule has 0 fully saturated rings. The number of anilines is 1.